The Balaban J connectivity index is 0.000000199. The van der Waals surface area contributed by atoms with Gasteiger partial charge >= 0.3 is 11.9 Å². The monoisotopic (exact) mass is 530 g/mol. The molecule has 2 aromatic carbocycles. The Morgan fingerprint density at radius 1 is 0.824 bits per heavy atom. The number of carbonyl (C=O) groups excluding carboxylic acids is 2. The van der Waals surface area contributed by atoms with Gasteiger partial charge in [0, 0.05) is 4.47 Å². The van der Waals surface area contributed by atoms with Gasteiger partial charge in [0.05, 0.1) is 25.3 Å². The Hall–Kier alpha value is -2.14. The van der Waals surface area contributed by atoms with Crippen molar-refractivity contribution >= 4 is 27.9 Å². The normalized spacial score (nSPS) is 14.9. The van der Waals surface area contributed by atoms with Crippen LogP contribution in [-0.2, 0) is 15.9 Å². The van der Waals surface area contributed by atoms with Crippen LogP contribution in [0.1, 0.15) is 89.3 Å². The number of halogens is 1. The number of ether oxygens (including phenoxy) is 2. The summed E-state index contributed by atoms with van der Waals surface area (Å²) >= 11 is 3.32. The number of aryl methyl sites for hydroxylation is 2. The van der Waals surface area contributed by atoms with Crippen LogP contribution in [0.4, 0.5) is 0 Å². The van der Waals surface area contributed by atoms with E-state index in [-0.39, 0.29) is 11.9 Å². The molecule has 2 saturated carbocycles. The Kier molecular flexibility index (Phi) is 11.8. The van der Waals surface area contributed by atoms with Crippen LogP contribution in [0.5, 0.6) is 0 Å². The predicted molar refractivity (Wildman–Crippen MR) is 141 cm³/mol. The van der Waals surface area contributed by atoms with Crippen LogP contribution in [0.15, 0.2) is 40.9 Å². The summed E-state index contributed by atoms with van der Waals surface area (Å²) in [7, 11) is 2.80. The Labute approximate surface area is 213 Å². The Morgan fingerprint density at radius 2 is 1.32 bits per heavy atom. The van der Waals surface area contributed by atoms with Crippen molar-refractivity contribution < 1.29 is 19.1 Å². The zero-order chi connectivity index (χ0) is 25.1. The van der Waals surface area contributed by atoms with Crippen molar-refractivity contribution in [1.29, 1.82) is 0 Å². The van der Waals surface area contributed by atoms with Crippen molar-refractivity contribution in [2.45, 2.75) is 72.1 Å². The molecule has 0 atom stereocenters. The molecule has 34 heavy (non-hydrogen) atoms. The molecule has 0 heterocycles. The topological polar surface area (TPSA) is 52.6 Å². The number of hydrogen-bond acceptors (Lipinski definition) is 4. The summed E-state index contributed by atoms with van der Waals surface area (Å²) in [5.74, 6) is 1.45. The SMILES string of the molecule is CCC1CCC1.COC(=O)c1ccc(Br)cc1C.COC(=O)c1ccc(CC2CCC2)cc1C. The van der Waals surface area contributed by atoms with E-state index in [4.69, 9.17) is 4.74 Å². The highest BCUT2D eigenvalue weighted by Gasteiger charge is 2.18. The van der Waals surface area contributed by atoms with Crippen molar-refractivity contribution in [2.75, 3.05) is 14.2 Å². The van der Waals surface area contributed by atoms with Crippen molar-refractivity contribution in [3.8, 4) is 0 Å². The second-order valence-electron chi connectivity index (χ2n) is 9.30. The second-order valence-corrected chi connectivity index (χ2v) is 10.2. The van der Waals surface area contributed by atoms with E-state index in [1.165, 1.54) is 64.7 Å². The standard InChI is InChI=1S/C14H18O2.C9H9BrO2.C6H12/c1-10-8-12(9-11-4-3-5-11)6-7-13(10)14(15)16-2;1-6-5-7(10)3-4-8(6)9(11)12-2;1-2-6-4-3-5-6/h6-8,11H,3-5,9H2,1-2H3;3-5H,1-2H3;6H,2-5H2,1H3. The van der Waals surface area contributed by atoms with Gasteiger partial charge in [-0.15, -0.1) is 0 Å². The largest absolute Gasteiger partial charge is 0.465 e. The summed E-state index contributed by atoms with van der Waals surface area (Å²) < 4.78 is 10.3. The molecule has 0 amide bonds. The lowest BCUT2D eigenvalue weighted by Crippen LogP contribution is -2.14. The maximum Gasteiger partial charge on any atom is 0.338 e. The molecule has 0 radical (unpaired) electrons. The van der Waals surface area contributed by atoms with Crippen molar-refractivity contribution in [3.05, 3.63) is 68.7 Å². The van der Waals surface area contributed by atoms with Crippen molar-refractivity contribution in [1.82, 2.24) is 0 Å². The Morgan fingerprint density at radius 3 is 1.68 bits per heavy atom. The molecule has 0 N–H and O–H groups in total. The lowest BCUT2D eigenvalue weighted by Gasteiger charge is -2.25. The van der Waals surface area contributed by atoms with Crippen LogP contribution < -0.4 is 0 Å². The van der Waals surface area contributed by atoms with Gasteiger partial charge in [0.15, 0.2) is 0 Å². The predicted octanol–water partition coefficient (Wildman–Crippen LogP) is 7.86. The van der Waals surface area contributed by atoms with E-state index in [1.807, 2.05) is 32.0 Å². The third-order valence-electron chi connectivity index (χ3n) is 6.84. The van der Waals surface area contributed by atoms with Gasteiger partial charge in [-0.3, -0.25) is 0 Å². The summed E-state index contributed by atoms with van der Waals surface area (Å²) in [6.07, 6.45) is 11.2. The molecule has 0 saturated heterocycles. The fraction of sp³-hybridized carbons (Fsp3) is 0.517. The summed E-state index contributed by atoms with van der Waals surface area (Å²) in [6.45, 7) is 6.12. The molecule has 0 spiro atoms. The number of methoxy groups -OCH3 is 2. The van der Waals surface area contributed by atoms with E-state index >= 15 is 0 Å². The molecule has 2 aromatic rings. The number of benzene rings is 2. The highest BCUT2D eigenvalue weighted by Crippen LogP contribution is 2.30. The quantitative estimate of drug-likeness (QED) is 0.369. The minimum absolute atomic E-state index is 0.243. The van der Waals surface area contributed by atoms with E-state index in [2.05, 4.69) is 39.7 Å². The highest BCUT2D eigenvalue weighted by molar-refractivity contribution is 9.10. The maximum absolute atomic E-state index is 11.4. The molecule has 0 bridgehead atoms. The van der Waals surface area contributed by atoms with Crippen molar-refractivity contribution in [3.63, 3.8) is 0 Å². The molecular formula is C29H39BrO4. The molecule has 4 nitrogen and oxygen atoms in total. The van der Waals surface area contributed by atoms with Crippen LogP contribution >= 0.6 is 15.9 Å². The van der Waals surface area contributed by atoms with E-state index in [0.717, 1.165) is 33.9 Å². The molecule has 186 valence electrons. The first-order valence-corrected chi connectivity index (χ1v) is 13.1. The zero-order valence-electron chi connectivity index (χ0n) is 21.3. The molecule has 2 aliphatic carbocycles. The highest BCUT2D eigenvalue weighted by atomic mass is 79.9. The fourth-order valence-electron chi connectivity index (χ4n) is 4.09. The lowest BCUT2D eigenvalue weighted by atomic mass is 9.80. The van der Waals surface area contributed by atoms with Gasteiger partial charge in [0.2, 0.25) is 0 Å². The second kappa shape index (κ2) is 14.3. The molecular weight excluding hydrogens is 492 g/mol. The third-order valence-corrected chi connectivity index (χ3v) is 7.33. The first kappa shape index (κ1) is 28.1. The average Bonchev–Trinajstić information content (AvgIpc) is 2.75. The molecule has 5 heteroatoms. The maximum atomic E-state index is 11.4. The van der Waals surface area contributed by atoms with Crippen LogP contribution in [-0.4, -0.2) is 26.2 Å². The zero-order valence-corrected chi connectivity index (χ0v) is 22.9. The summed E-state index contributed by atoms with van der Waals surface area (Å²) in [5.41, 5.74) is 4.57. The fourth-order valence-corrected chi connectivity index (χ4v) is 4.56. The number of hydrogen-bond donors (Lipinski definition) is 0. The van der Waals surface area contributed by atoms with E-state index < -0.39 is 0 Å². The van der Waals surface area contributed by atoms with Gasteiger partial charge in [0.25, 0.3) is 0 Å². The minimum Gasteiger partial charge on any atom is -0.465 e. The number of rotatable bonds is 5. The first-order chi connectivity index (χ1) is 16.3. The minimum atomic E-state index is -0.292. The van der Waals surface area contributed by atoms with E-state index in [0.29, 0.717) is 11.1 Å². The molecule has 0 aliphatic heterocycles. The van der Waals surface area contributed by atoms with Crippen LogP contribution in [0.3, 0.4) is 0 Å². The van der Waals surface area contributed by atoms with Crippen molar-refractivity contribution in [2.24, 2.45) is 11.8 Å². The third kappa shape index (κ3) is 8.57. The number of esters is 2. The van der Waals surface area contributed by atoms with Gasteiger partial charge in [-0.2, -0.15) is 0 Å². The molecule has 4 rings (SSSR count). The molecule has 0 unspecified atom stereocenters. The van der Waals surface area contributed by atoms with Gasteiger partial charge in [-0.1, -0.05) is 79.9 Å². The van der Waals surface area contributed by atoms with Gasteiger partial charge in [0.1, 0.15) is 0 Å². The molecule has 2 aliphatic rings. The lowest BCUT2D eigenvalue weighted by molar-refractivity contribution is 0.0591. The van der Waals surface area contributed by atoms with Gasteiger partial charge in [-0.05, 0) is 73.1 Å². The van der Waals surface area contributed by atoms with E-state index in [1.54, 1.807) is 6.07 Å². The first-order valence-electron chi connectivity index (χ1n) is 12.3. The summed E-state index contributed by atoms with van der Waals surface area (Å²) in [4.78, 5) is 22.5. The van der Waals surface area contributed by atoms with Gasteiger partial charge < -0.3 is 9.47 Å². The van der Waals surface area contributed by atoms with E-state index in [9.17, 15) is 9.59 Å². The van der Waals surface area contributed by atoms with Crippen LogP contribution in [0.25, 0.3) is 0 Å². The molecule has 2 fully saturated rings. The summed E-state index contributed by atoms with van der Waals surface area (Å²) in [6, 6.07) is 11.5. The van der Waals surface area contributed by atoms with Crippen LogP contribution in [0, 0.1) is 25.7 Å². The smallest absolute Gasteiger partial charge is 0.338 e. The average molecular weight is 532 g/mol. The van der Waals surface area contributed by atoms with Crippen LogP contribution in [0.2, 0.25) is 0 Å². The molecule has 0 aromatic heterocycles. The Bertz CT molecular complexity index is 942. The number of carbonyl (C=O) groups is 2. The summed E-state index contributed by atoms with van der Waals surface area (Å²) in [5, 5.41) is 0. The van der Waals surface area contributed by atoms with Gasteiger partial charge in [-0.25, -0.2) is 9.59 Å².